The number of benzene rings is 1. The predicted octanol–water partition coefficient (Wildman–Crippen LogP) is 1.07. The second-order valence-electron chi connectivity index (χ2n) is 7.19. The van der Waals surface area contributed by atoms with Crippen molar-refractivity contribution < 1.29 is 9.59 Å². The van der Waals surface area contributed by atoms with Crippen LogP contribution in [0.2, 0.25) is 0 Å². The van der Waals surface area contributed by atoms with Gasteiger partial charge in [0.05, 0.1) is 11.4 Å². The largest absolute Gasteiger partial charge is 0.370 e. The SMILES string of the molecule is CC(=O)Nc1nc(CCc2ccc(N=C(N)N)cc2)c(CN2CCN(C=O)CC2)s1. The molecular formula is C20H27N7O2S. The lowest BCUT2D eigenvalue weighted by atomic mass is 10.1. The van der Waals surface area contributed by atoms with Gasteiger partial charge in [-0.15, -0.1) is 11.3 Å². The third-order valence-electron chi connectivity index (χ3n) is 4.83. The van der Waals surface area contributed by atoms with E-state index in [-0.39, 0.29) is 11.9 Å². The van der Waals surface area contributed by atoms with Crippen LogP contribution in [0.25, 0.3) is 0 Å². The van der Waals surface area contributed by atoms with E-state index in [2.05, 4.69) is 20.2 Å². The van der Waals surface area contributed by atoms with E-state index >= 15 is 0 Å². The first-order valence-electron chi connectivity index (χ1n) is 9.79. The molecule has 0 unspecified atom stereocenters. The third kappa shape index (κ3) is 6.26. The molecule has 0 saturated carbocycles. The predicted molar refractivity (Wildman–Crippen MR) is 119 cm³/mol. The molecule has 160 valence electrons. The number of carbonyl (C=O) groups is 2. The molecule has 0 aliphatic carbocycles. The normalized spacial score (nSPS) is 14.4. The standard InChI is InChI=1S/C20H27N7O2S/c1-14(29)23-20-25-17(7-4-15-2-5-16(6-3-15)24-19(21)22)18(30-20)12-26-8-10-27(13-28)11-9-26/h2-3,5-6,13H,4,7-12H2,1H3,(H4,21,22,24)(H,23,25,29). The van der Waals surface area contributed by atoms with Crippen molar-refractivity contribution >= 4 is 40.4 Å². The van der Waals surface area contributed by atoms with Crippen LogP contribution in [0.15, 0.2) is 29.3 Å². The van der Waals surface area contributed by atoms with Crippen molar-refractivity contribution in [2.45, 2.75) is 26.3 Å². The average molecular weight is 430 g/mol. The maximum absolute atomic E-state index is 11.5. The number of piperazine rings is 1. The minimum absolute atomic E-state index is 0.0364. The first-order valence-corrected chi connectivity index (χ1v) is 10.6. The zero-order chi connectivity index (χ0) is 21.5. The van der Waals surface area contributed by atoms with Crippen LogP contribution in [-0.2, 0) is 29.0 Å². The van der Waals surface area contributed by atoms with Crippen molar-refractivity contribution in [2.75, 3.05) is 31.5 Å². The first-order chi connectivity index (χ1) is 14.4. The molecule has 1 aliphatic heterocycles. The Labute approximate surface area is 179 Å². The molecule has 30 heavy (non-hydrogen) atoms. The molecule has 0 radical (unpaired) electrons. The van der Waals surface area contributed by atoms with Gasteiger partial charge in [0.25, 0.3) is 0 Å². The lowest BCUT2D eigenvalue weighted by Crippen LogP contribution is -2.45. The highest BCUT2D eigenvalue weighted by Gasteiger charge is 2.19. The Morgan fingerprint density at radius 1 is 1.20 bits per heavy atom. The summed E-state index contributed by atoms with van der Waals surface area (Å²) in [4.78, 5) is 36.3. The van der Waals surface area contributed by atoms with Crippen LogP contribution in [0.4, 0.5) is 10.8 Å². The van der Waals surface area contributed by atoms with E-state index in [9.17, 15) is 9.59 Å². The first kappa shape index (κ1) is 21.7. The number of carbonyl (C=O) groups excluding carboxylic acids is 2. The van der Waals surface area contributed by atoms with Gasteiger partial charge in [0.2, 0.25) is 12.3 Å². The Morgan fingerprint density at radius 3 is 2.50 bits per heavy atom. The molecule has 10 heteroatoms. The van der Waals surface area contributed by atoms with Crippen LogP contribution in [-0.4, -0.2) is 59.2 Å². The number of hydrogen-bond acceptors (Lipinski definition) is 6. The second-order valence-corrected chi connectivity index (χ2v) is 8.27. The van der Waals surface area contributed by atoms with Gasteiger partial charge >= 0.3 is 0 Å². The van der Waals surface area contributed by atoms with Gasteiger partial charge in [-0.3, -0.25) is 14.5 Å². The number of rotatable bonds is 8. The molecule has 1 aromatic carbocycles. The Bertz CT molecular complexity index is 898. The van der Waals surface area contributed by atoms with Crippen molar-refractivity contribution in [2.24, 2.45) is 16.5 Å². The van der Waals surface area contributed by atoms with E-state index in [1.54, 1.807) is 4.90 Å². The summed E-state index contributed by atoms with van der Waals surface area (Å²) < 4.78 is 0. The van der Waals surface area contributed by atoms with Crippen LogP contribution in [0.3, 0.4) is 0 Å². The van der Waals surface area contributed by atoms with Crippen molar-refractivity contribution in [3.05, 3.63) is 40.4 Å². The van der Waals surface area contributed by atoms with Gasteiger partial charge in [0.1, 0.15) is 0 Å². The summed E-state index contributed by atoms with van der Waals surface area (Å²) in [6.45, 7) is 5.38. The Kier molecular flexibility index (Phi) is 7.36. The molecule has 1 saturated heterocycles. The molecule has 0 spiro atoms. The van der Waals surface area contributed by atoms with E-state index in [1.165, 1.54) is 18.3 Å². The van der Waals surface area contributed by atoms with Gasteiger partial charge in [-0.2, -0.15) is 0 Å². The summed E-state index contributed by atoms with van der Waals surface area (Å²) >= 11 is 1.52. The number of thiazole rings is 1. The minimum atomic E-state index is -0.128. The van der Waals surface area contributed by atoms with Gasteiger partial charge in [-0.05, 0) is 30.5 Å². The molecule has 1 aliphatic rings. The van der Waals surface area contributed by atoms with E-state index in [4.69, 9.17) is 11.5 Å². The number of aromatic nitrogens is 1. The molecular weight excluding hydrogens is 402 g/mol. The zero-order valence-electron chi connectivity index (χ0n) is 17.0. The fourth-order valence-corrected chi connectivity index (χ4v) is 4.38. The lowest BCUT2D eigenvalue weighted by Gasteiger charge is -2.32. The molecule has 2 amide bonds. The summed E-state index contributed by atoms with van der Waals surface area (Å²) in [5.41, 5.74) is 13.7. The quantitative estimate of drug-likeness (QED) is 0.327. The molecule has 0 bridgehead atoms. The fourth-order valence-electron chi connectivity index (χ4n) is 3.29. The third-order valence-corrected chi connectivity index (χ3v) is 5.83. The van der Waals surface area contributed by atoms with Gasteiger partial charge in [0, 0.05) is 44.5 Å². The van der Waals surface area contributed by atoms with Crippen LogP contribution in [0, 0.1) is 0 Å². The van der Waals surface area contributed by atoms with Gasteiger partial charge in [-0.1, -0.05) is 12.1 Å². The Balaban J connectivity index is 1.67. The number of hydrogen-bond donors (Lipinski definition) is 3. The van der Waals surface area contributed by atoms with E-state index < -0.39 is 0 Å². The number of nitrogens with zero attached hydrogens (tertiary/aromatic N) is 4. The maximum atomic E-state index is 11.5. The topological polar surface area (TPSA) is 130 Å². The summed E-state index contributed by atoms with van der Waals surface area (Å²) in [6.07, 6.45) is 2.49. The number of aryl methyl sites for hydroxylation is 2. The summed E-state index contributed by atoms with van der Waals surface area (Å²) in [5, 5.41) is 3.43. The summed E-state index contributed by atoms with van der Waals surface area (Å²) in [7, 11) is 0. The molecule has 0 atom stereocenters. The lowest BCUT2D eigenvalue weighted by molar-refractivity contribution is -0.119. The van der Waals surface area contributed by atoms with Crippen LogP contribution in [0.1, 0.15) is 23.1 Å². The van der Waals surface area contributed by atoms with Crippen LogP contribution < -0.4 is 16.8 Å². The monoisotopic (exact) mass is 429 g/mol. The van der Waals surface area contributed by atoms with Gasteiger partial charge < -0.3 is 21.7 Å². The van der Waals surface area contributed by atoms with Crippen LogP contribution in [0.5, 0.6) is 0 Å². The number of aliphatic imine (C=N–C) groups is 1. The van der Waals surface area contributed by atoms with Crippen molar-refractivity contribution in [3.63, 3.8) is 0 Å². The highest BCUT2D eigenvalue weighted by molar-refractivity contribution is 7.15. The molecule has 9 nitrogen and oxygen atoms in total. The number of guanidine groups is 1. The highest BCUT2D eigenvalue weighted by atomic mass is 32.1. The van der Waals surface area contributed by atoms with Crippen molar-refractivity contribution in [1.82, 2.24) is 14.8 Å². The molecule has 1 fully saturated rings. The maximum Gasteiger partial charge on any atom is 0.223 e. The second kappa shape index (κ2) is 10.2. The Morgan fingerprint density at radius 2 is 1.90 bits per heavy atom. The summed E-state index contributed by atoms with van der Waals surface area (Å²) in [5.74, 6) is -0.0916. The van der Waals surface area contributed by atoms with Gasteiger partial charge in [-0.25, -0.2) is 9.98 Å². The van der Waals surface area contributed by atoms with Crippen molar-refractivity contribution in [3.8, 4) is 0 Å². The van der Waals surface area contributed by atoms with Gasteiger partial charge in [0.15, 0.2) is 11.1 Å². The number of anilines is 1. The minimum Gasteiger partial charge on any atom is -0.370 e. The molecule has 2 aromatic rings. The highest BCUT2D eigenvalue weighted by Crippen LogP contribution is 2.26. The van der Waals surface area contributed by atoms with E-state index in [0.717, 1.165) is 73.8 Å². The zero-order valence-corrected chi connectivity index (χ0v) is 17.8. The fraction of sp³-hybridized carbons (Fsp3) is 0.400. The number of nitrogens with one attached hydrogen (secondary N) is 1. The summed E-state index contributed by atoms with van der Waals surface area (Å²) in [6, 6.07) is 7.76. The smallest absolute Gasteiger partial charge is 0.223 e. The molecule has 5 N–H and O–H groups in total. The molecule has 3 rings (SSSR count). The van der Waals surface area contributed by atoms with Crippen molar-refractivity contribution in [1.29, 1.82) is 0 Å². The van der Waals surface area contributed by atoms with E-state index in [0.29, 0.717) is 5.13 Å². The van der Waals surface area contributed by atoms with Crippen LogP contribution >= 0.6 is 11.3 Å². The molecule has 1 aromatic heterocycles. The Hall–Kier alpha value is -2.98. The van der Waals surface area contributed by atoms with E-state index in [1.807, 2.05) is 24.3 Å². The average Bonchev–Trinajstić information content (AvgIpc) is 3.08. The number of nitrogens with two attached hydrogens (primary N) is 2. The molecule has 2 heterocycles. The number of amides is 2.